The molecule has 0 fully saturated rings. The lowest BCUT2D eigenvalue weighted by molar-refractivity contribution is 0.787. The second kappa shape index (κ2) is 4.39. The maximum Gasteiger partial charge on any atom is 0.160 e. The fourth-order valence-corrected chi connectivity index (χ4v) is 2.26. The molecule has 1 aromatic carbocycles. The Hall–Kier alpha value is -2.36. The van der Waals surface area contributed by atoms with Crippen LogP contribution in [0.3, 0.4) is 0 Å². The minimum Gasteiger partial charge on any atom is -0.398 e. The molecule has 2 aromatic heterocycles. The molecule has 0 saturated heterocycles. The molecule has 3 aromatic rings. The number of fused-ring (bicyclic) bond motifs is 1. The summed E-state index contributed by atoms with van der Waals surface area (Å²) >= 11 is 0. The Morgan fingerprint density at radius 2 is 2.11 bits per heavy atom. The third-order valence-corrected chi connectivity index (χ3v) is 3.36. The number of anilines is 1. The molecule has 0 aliphatic rings. The molecule has 4 heteroatoms. The van der Waals surface area contributed by atoms with E-state index in [0.29, 0.717) is 0 Å². The first-order valence-corrected chi connectivity index (χ1v) is 6.38. The van der Waals surface area contributed by atoms with E-state index < -0.39 is 0 Å². The van der Waals surface area contributed by atoms with E-state index in [9.17, 15) is 0 Å². The van der Waals surface area contributed by atoms with Crippen molar-refractivity contribution in [1.82, 2.24) is 14.5 Å². The van der Waals surface area contributed by atoms with Crippen LogP contribution in [0, 0.1) is 6.92 Å². The molecule has 3 rings (SSSR count). The monoisotopic (exact) mass is 252 g/mol. The summed E-state index contributed by atoms with van der Waals surface area (Å²) in [6.45, 7) is 4.93. The Balaban J connectivity index is 2.26. The Bertz CT molecular complexity index is 743. The molecule has 0 bridgehead atoms. The van der Waals surface area contributed by atoms with E-state index in [4.69, 9.17) is 5.73 Å². The summed E-state index contributed by atoms with van der Waals surface area (Å²) in [5.74, 6) is 0.919. The topological polar surface area (TPSA) is 56.7 Å². The molecule has 2 N–H and O–H groups in total. The standard InChI is InChI=1S/C15H16N4/c1-3-19-14(11-7-6-10(2)12(16)9-11)18-13-5-4-8-17-15(13)19/h4-9H,3,16H2,1-2H3. The summed E-state index contributed by atoms with van der Waals surface area (Å²) < 4.78 is 2.11. The van der Waals surface area contributed by atoms with Crippen molar-refractivity contribution in [2.75, 3.05) is 5.73 Å². The number of pyridine rings is 1. The number of hydrogen-bond acceptors (Lipinski definition) is 3. The zero-order chi connectivity index (χ0) is 13.4. The molecule has 96 valence electrons. The quantitative estimate of drug-likeness (QED) is 0.713. The van der Waals surface area contributed by atoms with Gasteiger partial charge in [0.25, 0.3) is 0 Å². The lowest BCUT2D eigenvalue weighted by Gasteiger charge is -2.07. The number of aromatic nitrogens is 3. The number of nitrogens with two attached hydrogens (primary N) is 1. The summed E-state index contributed by atoms with van der Waals surface area (Å²) in [5.41, 5.74) is 10.7. The number of rotatable bonds is 2. The van der Waals surface area contributed by atoms with E-state index in [0.717, 1.165) is 40.3 Å². The van der Waals surface area contributed by atoms with Crippen LogP contribution in [0.4, 0.5) is 5.69 Å². The van der Waals surface area contributed by atoms with Gasteiger partial charge in [0.1, 0.15) is 11.3 Å². The van der Waals surface area contributed by atoms with Gasteiger partial charge in [0.2, 0.25) is 0 Å². The molecule has 0 atom stereocenters. The van der Waals surface area contributed by atoms with Gasteiger partial charge in [-0.05, 0) is 37.6 Å². The van der Waals surface area contributed by atoms with Crippen LogP contribution in [-0.2, 0) is 6.54 Å². The highest BCUT2D eigenvalue weighted by Crippen LogP contribution is 2.26. The molecule has 0 spiro atoms. The molecule has 19 heavy (non-hydrogen) atoms. The van der Waals surface area contributed by atoms with Crippen LogP contribution >= 0.6 is 0 Å². The summed E-state index contributed by atoms with van der Waals surface area (Å²) in [6.07, 6.45) is 1.80. The highest BCUT2D eigenvalue weighted by atomic mass is 15.1. The van der Waals surface area contributed by atoms with E-state index in [1.54, 1.807) is 6.20 Å². The molecule has 0 unspecified atom stereocenters. The van der Waals surface area contributed by atoms with Gasteiger partial charge >= 0.3 is 0 Å². The zero-order valence-corrected chi connectivity index (χ0v) is 11.1. The number of nitrogens with zero attached hydrogens (tertiary/aromatic N) is 3. The zero-order valence-electron chi connectivity index (χ0n) is 11.1. The van der Waals surface area contributed by atoms with E-state index in [1.807, 2.05) is 31.2 Å². The molecule has 4 nitrogen and oxygen atoms in total. The van der Waals surface area contributed by atoms with Crippen molar-refractivity contribution in [3.8, 4) is 11.4 Å². The van der Waals surface area contributed by atoms with Gasteiger partial charge in [-0.3, -0.25) is 0 Å². The minimum atomic E-state index is 0.792. The number of nitrogen functional groups attached to an aromatic ring is 1. The van der Waals surface area contributed by atoms with Gasteiger partial charge in [-0.15, -0.1) is 0 Å². The number of benzene rings is 1. The van der Waals surface area contributed by atoms with Gasteiger partial charge < -0.3 is 10.3 Å². The van der Waals surface area contributed by atoms with Crippen molar-refractivity contribution in [3.05, 3.63) is 42.1 Å². The lowest BCUT2D eigenvalue weighted by Crippen LogP contribution is -1.99. The first kappa shape index (κ1) is 11.7. The summed E-state index contributed by atoms with van der Waals surface area (Å²) in [4.78, 5) is 9.08. The number of aryl methyl sites for hydroxylation is 2. The van der Waals surface area contributed by atoms with Crippen LogP contribution < -0.4 is 5.73 Å². The largest absolute Gasteiger partial charge is 0.398 e. The highest BCUT2D eigenvalue weighted by Gasteiger charge is 2.12. The van der Waals surface area contributed by atoms with Crippen molar-refractivity contribution in [1.29, 1.82) is 0 Å². The summed E-state index contributed by atoms with van der Waals surface area (Å²) in [7, 11) is 0. The Morgan fingerprint density at radius 1 is 1.26 bits per heavy atom. The molecule has 0 aliphatic carbocycles. The van der Waals surface area contributed by atoms with Gasteiger partial charge in [0.15, 0.2) is 5.65 Å². The van der Waals surface area contributed by atoms with Gasteiger partial charge in [-0.2, -0.15) is 0 Å². The average molecular weight is 252 g/mol. The van der Waals surface area contributed by atoms with Crippen molar-refractivity contribution in [2.24, 2.45) is 0 Å². The maximum atomic E-state index is 5.99. The van der Waals surface area contributed by atoms with Crippen molar-refractivity contribution in [3.63, 3.8) is 0 Å². The molecule has 0 radical (unpaired) electrons. The molecular formula is C15H16N4. The van der Waals surface area contributed by atoms with Crippen molar-refractivity contribution < 1.29 is 0 Å². The van der Waals surface area contributed by atoms with Crippen LogP contribution in [0.15, 0.2) is 36.5 Å². The van der Waals surface area contributed by atoms with Crippen LogP contribution in [0.2, 0.25) is 0 Å². The van der Waals surface area contributed by atoms with Gasteiger partial charge in [0, 0.05) is 24.0 Å². The number of hydrogen-bond donors (Lipinski definition) is 1. The Morgan fingerprint density at radius 3 is 2.84 bits per heavy atom. The SMILES string of the molecule is CCn1c(-c2ccc(C)c(N)c2)nc2cccnc21. The van der Waals surface area contributed by atoms with E-state index in [-0.39, 0.29) is 0 Å². The van der Waals surface area contributed by atoms with Gasteiger partial charge in [0.05, 0.1) is 0 Å². The molecule has 2 heterocycles. The lowest BCUT2D eigenvalue weighted by atomic mass is 10.1. The van der Waals surface area contributed by atoms with Gasteiger partial charge in [-0.1, -0.05) is 12.1 Å². The first-order valence-electron chi connectivity index (χ1n) is 6.38. The summed E-state index contributed by atoms with van der Waals surface area (Å²) in [6, 6.07) is 9.94. The fraction of sp³-hybridized carbons (Fsp3) is 0.200. The summed E-state index contributed by atoms with van der Waals surface area (Å²) in [5, 5.41) is 0. The van der Waals surface area contributed by atoms with E-state index in [1.165, 1.54) is 0 Å². The van der Waals surface area contributed by atoms with Crippen molar-refractivity contribution >= 4 is 16.9 Å². The van der Waals surface area contributed by atoms with Crippen LogP contribution in [0.5, 0.6) is 0 Å². The van der Waals surface area contributed by atoms with Gasteiger partial charge in [-0.25, -0.2) is 9.97 Å². The molecular weight excluding hydrogens is 236 g/mol. The normalized spacial score (nSPS) is 11.1. The molecule has 0 amide bonds. The van der Waals surface area contributed by atoms with Crippen molar-refractivity contribution in [2.45, 2.75) is 20.4 Å². The Labute approximate surface area is 111 Å². The predicted octanol–water partition coefficient (Wildman–Crippen LogP) is 3.01. The first-order chi connectivity index (χ1) is 9.20. The molecule has 0 saturated carbocycles. The second-order valence-corrected chi connectivity index (χ2v) is 4.60. The smallest absolute Gasteiger partial charge is 0.160 e. The fourth-order valence-electron chi connectivity index (χ4n) is 2.26. The Kier molecular flexibility index (Phi) is 2.71. The molecule has 0 aliphatic heterocycles. The van der Waals surface area contributed by atoms with Crippen LogP contribution in [0.1, 0.15) is 12.5 Å². The average Bonchev–Trinajstić information content (AvgIpc) is 2.80. The maximum absolute atomic E-state index is 5.99. The third kappa shape index (κ3) is 1.85. The minimum absolute atomic E-state index is 0.792. The van der Waals surface area contributed by atoms with E-state index in [2.05, 4.69) is 27.5 Å². The van der Waals surface area contributed by atoms with E-state index >= 15 is 0 Å². The highest BCUT2D eigenvalue weighted by molar-refractivity contribution is 5.78. The van der Waals surface area contributed by atoms with Crippen LogP contribution in [0.25, 0.3) is 22.6 Å². The van der Waals surface area contributed by atoms with Crippen LogP contribution in [-0.4, -0.2) is 14.5 Å². The second-order valence-electron chi connectivity index (χ2n) is 4.60. The number of imidazole rings is 1. The third-order valence-electron chi connectivity index (χ3n) is 3.36. The predicted molar refractivity (Wildman–Crippen MR) is 77.8 cm³/mol.